The summed E-state index contributed by atoms with van der Waals surface area (Å²) in [5.74, 6) is 0.998. The molecule has 0 bridgehead atoms. The number of hydrogen-bond acceptors (Lipinski definition) is 5. The number of fused-ring (bicyclic) bond motifs is 1. The van der Waals surface area contributed by atoms with E-state index in [1.165, 1.54) is 6.07 Å². The fourth-order valence-electron chi connectivity index (χ4n) is 3.00. The van der Waals surface area contributed by atoms with Crippen molar-refractivity contribution in [3.05, 3.63) is 53.6 Å². The van der Waals surface area contributed by atoms with Gasteiger partial charge in [0.1, 0.15) is 17.2 Å². The molecule has 0 fully saturated rings. The normalized spacial score (nSPS) is 16.4. The van der Waals surface area contributed by atoms with Gasteiger partial charge in [-0.3, -0.25) is 4.79 Å². The lowest BCUT2D eigenvalue weighted by Gasteiger charge is -2.25. The third kappa shape index (κ3) is 4.31. The Morgan fingerprint density at radius 1 is 1.20 bits per heavy atom. The maximum Gasteiger partial charge on any atom is 0.312 e. The molecule has 0 aromatic heterocycles. The molecule has 0 saturated heterocycles. The van der Waals surface area contributed by atoms with Gasteiger partial charge in [-0.15, -0.1) is 0 Å². The van der Waals surface area contributed by atoms with Crippen LogP contribution in [0, 0.1) is 0 Å². The summed E-state index contributed by atoms with van der Waals surface area (Å²) in [4.78, 5) is 14.0. The third-order valence-electron chi connectivity index (χ3n) is 4.27. The van der Waals surface area contributed by atoms with Crippen LogP contribution in [0.2, 0.25) is 0 Å². The number of ether oxygens (including phenoxy) is 2. The van der Waals surface area contributed by atoms with E-state index >= 15 is 0 Å². The average Bonchev–Trinajstić information content (AvgIpc) is 2.58. The maximum atomic E-state index is 11.9. The molecule has 0 aliphatic carbocycles. The zero-order valence-corrected chi connectivity index (χ0v) is 14.6. The molecule has 0 amide bonds. The molecule has 1 aliphatic heterocycles. The summed E-state index contributed by atoms with van der Waals surface area (Å²) >= 11 is 0. The number of rotatable bonds is 6. The van der Waals surface area contributed by atoms with Crippen LogP contribution in [0.1, 0.15) is 29.9 Å². The maximum absolute atomic E-state index is 11.9. The van der Waals surface area contributed by atoms with Crippen molar-refractivity contribution in [2.75, 3.05) is 27.2 Å². The molecule has 0 saturated carbocycles. The van der Waals surface area contributed by atoms with E-state index in [0.29, 0.717) is 18.8 Å². The number of benzene rings is 2. The molecule has 0 spiro atoms. The molecule has 132 valence electrons. The van der Waals surface area contributed by atoms with E-state index in [-0.39, 0.29) is 17.6 Å². The molecule has 5 heteroatoms. The Morgan fingerprint density at radius 3 is 2.68 bits per heavy atom. The summed E-state index contributed by atoms with van der Waals surface area (Å²) in [5.41, 5.74) is 1.95. The summed E-state index contributed by atoms with van der Waals surface area (Å²) in [6.45, 7) is 1.67. The molecule has 3 rings (SSSR count). The van der Waals surface area contributed by atoms with E-state index in [0.717, 1.165) is 29.8 Å². The van der Waals surface area contributed by atoms with E-state index in [1.807, 2.05) is 44.4 Å². The molecule has 2 aromatic rings. The average molecular weight is 341 g/mol. The Morgan fingerprint density at radius 2 is 1.96 bits per heavy atom. The monoisotopic (exact) mass is 341 g/mol. The van der Waals surface area contributed by atoms with Crippen LogP contribution in [0.15, 0.2) is 42.5 Å². The molecule has 1 heterocycles. The smallest absolute Gasteiger partial charge is 0.312 e. The summed E-state index contributed by atoms with van der Waals surface area (Å²) < 4.78 is 11.0. The van der Waals surface area contributed by atoms with E-state index in [1.54, 1.807) is 6.07 Å². The van der Waals surface area contributed by atoms with Gasteiger partial charge in [-0.2, -0.15) is 0 Å². The van der Waals surface area contributed by atoms with E-state index in [4.69, 9.17) is 9.47 Å². The van der Waals surface area contributed by atoms with Crippen molar-refractivity contribution in [2.45, 2.75) is 18.8 Å². The van der Waals surface area contributed by atoms with Gasteiger partial charge >= 0.3 is 5.97 Å². The largest absolute Gasteiger partial charge is 0.508 e. The van der Waals surface area contributed by atoms with E-state index < -0.39 is 0 Å². The summed E-state index contributed by atoms with van der Waals surface area (Å²) in [6, 6.07) is 12.8. The topological polar surface area (TPSA) is 59.0 Å². The van der Waals surface area contributed by atoms with Crippen molar-refractivity contribution in [1.82, 2.24) is 4.90 Å². The van der Waals surface area contributed by atoms with Crippen LogP contribution in [0.4, 0.5) is 0 Å². The Kier molecular flexibility index (Phi) is 5.24. The molecule has 1 atom stereocenters. The lowest BCUT2D eigenvalue weighted by molar-refractivity contribution is -0.135. The van der Waals surface area contributed by atoms with Crippen LogP contribution in [0.3, 0.4) is 0 Å². The number of phenols is 1. The van der Waals surface area contributed by atoms with Gasteiger partial charge in [0.25, 0.3) is 0 Å². The second-order valence-corrected chi connectivity index (χ2v) is 6.53. The molecular weight excluding hydrogens is 318 g/mol. The van der Waals surface area contributed by atoms with Gasteiger partial charge < -0.3 is 19.5 Å². The third-order valence-corrected chi connectivity index (χ3v) is 4.27. The number of nitrogens with zero attached hydrogens (tertiary/aromatic N) is 1. The highest BCUT2D eigenvalue weighted by atomic mass is 16.5. The van der Waals surface area contributed by atoms with Crippen molar-refractivity contribution in [1.29, 1.82) is 0 Å². The van der Waals surface area contributed by atoms with E-state index in [2.05, 4.69) is 4.90 Å². The minimum atomic E-state index is -0.285. The van der Waals surface area contributed by atoms with Gasteiger partial charge in [-0.05, 0) is 44.3 Å². The number of aromatic hydroxyl groups is 1. The van der Waals surface area contributed by atoms with Crippen LogP contribution < -0.4 is 9.47 Å². The van der Waals surface area contributed by atoms with Crippen molar-refractivity contribution in [2.24, 2.45) is 0 Å². The Labute approximate surface area is 147 Å². The van der Waals surface area contributed by atoms with Crippen LogP contribution in [-0.4, -0.2) is 43.2 Å². The van der Waals surface area contributed by atoms with Crippen molar-refractivity contribution >= 4 is 5.97 Å². The Hall–Kier alpha value is -2.53. The molecule has 2 aromatic carbocycles. The van der Waals surface area contributed by atoms with E-state index in [9.17, 15) is 9.90 Å². The molecule has 25 heavy (non-hydrogen) atoms. The van der Waals surface area contributed by atoms with Gasteiger partial charge in [-0.1, -0.05) is 18.2 Å². The first-order valence-corrected chi connectivity index (χ1v) is 8.44. The second kappa shape index (κ2) is 7.57. The molecular formula is C20H23NO4. The van der Waals surface area contributed by atoms with Crippen LogP contribution in [-0.2, 0) is 4.79 Å². The quantitative estimate of drug-likeness (QED) is 0.497. The summed E-state index contributed by atoms with van der Waals surface area (Å²) in [6.07, 6.45) is 1.26. The molecule has 1 aliphatic rings. The SMILES string of the molecule is CN(C)CCCOc1ccc(C2CC(=O)Oc3cc(O)ccc32)cc1. The van der Waals surface area contributed by atoms with Crippen LogP contribution in [0.25, 0.3) is 0 Å². The Bertz CT molecular complexity index is 740. The molecule has 1 unspecified atom stereocenters. The minimum Gasteiger partial charge on any atom is -0.508 e. The second-order valence-electron chi connectivity index (χ2n) is 6.53. The van der Waals surface area contributed by atoms with Crippen molar-refractivity contribution < 1.29 is 19.4 Å². The number of hydrogen-bond donors (Lipinski definition) is 1. The predicted molar refractivity (Wildman–Crippen MR) is 95.3 cm³/mol. The standard InChI is InChI=1S/C20H23NO4/c1-21(2)10-3-11-24-16-7-4-14(5-8-16)18-13-20(23)25-19-12-15(22)6-9-17(18)19/h4-9,12,18,22H,3,10-11,13H2,1-2H3. The van der Waals surface area contributed by atoms with Gasteiger partial charge in [0.15, 0.2) is 0 Å². The zero-order chi connectivity index (χ0) is 17.8. The zero-order valence-electron chi connectivity index (χ0n) is 14.6. The highest BCUT2D eigenvalue weighted by molar-refractivity contribution is 5.78. The van der Waals surface area contributed by atoms with Gasteiger partial charge in [0.2, 0.25) is 0 Å². The van der Waals surface area contributed by atoms with Gasteiger partial charge in [-0.25, -0.2) is 0 Å². The van der Waals surface area contributed by atoms with Crippen molar-refractivity contribution in [3.63, 3.8) is 0 Å². The molecule has 5 nitrogen and oxygen atoms in total. The molecule has 1 N–H and O–H groups in total. The first-order chi connectivity index (χ1) is 12.0. The summed E-state index contributed by atoms with van der Waals surface area (Å²) in [7, 11) is 4.09. The minimum absolute atomic E-state index is 0.0698. The number of carbonyl (C=O) groups excluding carboxylic acids is 1. The lowest BCUT2D eigenvalue weighted by Crippen LogP contribution is -2.20. The highest BCUT2D eigenvalue weighted by Gasteiger charge is 2.28. The predicted octanol–water partition coefficient (Wildman–Crippen LogP) is 3.16. The summed E-state index contributed by atoms with van der Waals surface area (Å²) in [5, 5.41) is 9.59. The first kappa shape index (κ1) is 17.3. The first-order valence-electron chi connectivity index (χ1n) is 8.44. The van der Waals surface area contributed by atoms with Crippen LogP contribution in [0.5, 0.6) is 17.2 Å². The van der Waals surface area contributed by atoms with Gasteiger partial charge in [0, 0.05) is 24.1 Å². The van der Waals surface area contributed by atoms with Gasteiger partial charge in [0.05, 0.1) is 13.0 Å². The number of carbonyl (C=O) groups is 1. The number of esters is 1. The fraction of sp³-hybridized carbons (Fsp3) is 0.350. The van der Waals surface area contributed by atoms with Crippen molar-refractivity contribution in [3.8, 4) is 17.2 Å². The number of phenolic OH excluding ortho intramolecular Hbond substituents is 1. The highest BCUT2D eigenvalue weighted by Crippen LogP contribution is 2.40. The lowest BCUT2D eigenvalue weighted by atomic mass is 9.86. The molecule has 0 radical (unpaired) electrons. The van der Waals surface area contributed by atoms with Crippen LogP contribution >= 0.6 is 0 Å². The Balaban J connectivity index is 1.71. The fourth-order valence-corrected chi connectivity index (χ4v) is 3.00.